The Morgan fingerprint density at radius 1 is 1.27 bits per heavy atom. The first-order valence-electron chi connectivity index (χ1n) is 3.94. The van der Waals surface area contributed by atoms with E-state index in [1.54, 1.807) is 0 Å². The topological polar surface area (TPSA) is 124 Å². The molecular weight excluding hydrogens is 241 g/mol. The fourth-order valence-corrected chi connectivity index (χ4v) is 1.67. The summed E-state index contributed by atoms with van der Waals surface area (Å²) < 4.78 is 22.2. The Morgan fingerprint density at radius 3 is 1.60 bits per heavy atom. The Kier molecular flexibility index (Phi) is 9.35. The van der Waals surface area contributed by atoms with Crippen molar-refractivity contribution in [3.8, 4) is 0 Å². The van der Waals surface area contributed by atoms with E-state index in [4.69, 9.17) is 19.6 Å². The zero-order valence-corrected chi connectivity index (χ0v) is 10.3. The third kappa shape index (κ3) is 25.1. The summed E-state index contributed by atoms with van der Waals surface area (Å²) in [4.78, 5) is 31.0. The molecule has 0 bridgehead atoms. The van der Waals surface area contributed by atoms with Gasteiger partial charge in [0.2, 0.25) is 0 Å². The van der Waals surface area contributed by atoms with Crippen molar-refractivity contribution in [2.24, 2.45) is 0 Å². The molecule has 10 heteroatoms. The normalized spacial score (nSPS) is 11.7. The molecule has 0 spiro atoms. The molecule has 0 aliphatic heterocycles. The molecule has 0 aromatic rings. The number of rotatable bonds is 4. The van der Waals surface area contributed by atoms with Crippen molar-refractivity contribution in [3.05, 3.63) is 12.2 Å². The van der Waals surface area contributed by atoms with E-state index in [1.807, 2.05) is 0 Å². The molecule has 0 aromatic carbocycles. The Morgan fingerprint density at radius 2 is 1.60 bits per heavy atom. The molecule has 4 N–H and O–H groups in total. The van der Waals surface area contributed by atoms with Crippen molar-refractivity contribution in [1.82, 2.24) is 0 Å². The molecule has 7 nitrogen and oxygen atoms in total. The van der Waals surface area contributed by atoms with Crippen molar-refractivity contribution < 1.29 is 33.0 Å². The van der Waals surface area contributed by atoms with E-state index in [1.165, 1.54) is 17.1 Å². The monoisotopic (exact) mass is 254 g/mol. The van der Waals surface area contributed by atoms with Gasteiger partial charge in [0.15, 0.2) is 0 Å². The molecule has 0 rings (SSSR count). The molecule has 0 aliphatic rings. The van der Waals surface area contributed by atoms with E-state index >= 15 is 0 Å². The zero-order chi connectivity index (χ0) is 12.7. The van der Waals surface area contributed by atoms with E-state index < -0.39 is 15.6 Å². The minimum absolute atomic E-state index is 1.18. The summed E-state index contributed by atoms with van der Waals surface area (Å²) in [5, 5.41) is 1.23. The molecule has 0 radical (unpaired) electrons. The van der Waals surface area contributed by atoms with Crippen LogP contribution >= 0.6 is 15.6 Å². The van der Waals surface area contributed by atoms with Crippen molar-refractivity contribution >= 4 is 33.4 Å². The molecule has 0 fully saturated rings. The molecule has 0 unspecified atom stereocenters. The summed E-state index contributed by atoms with van der Waals surface area (Å²) in [5.41, 5.74) is 1.29. The zero-order valence-electron chi connectivity index (χ0n) is 8.53. The molecule has 15 heavy (non-hydrogen) atoms. The third-order valence-corrected chi connectivity index (χ3v) is 2.59. The van der Waals surface area contributed by atoms with Crippen LogP contribution in [0.15, 0.2) is 12.2 Å². The van der Waals surface area contributed by atoms with E-state index in [2.05, 4.69) is 35.5 Å². The summed E-state index contributed by atoms with van der Waals surface area (Å²) in [5.74, 6) is 0. The quantitative estimate of drug-likeness (QED) is 0.331. The van der Waals surface area contributed by atoms with Crippen LogP contribution in [0.3, 0.4) is 0 Å². The van der Waals surface area contributed by atoms with Crippen molar-refractivity contribution in [2.75, 3.05) is 0 Å². The van der Waals surface area contributed by atoms with Crippen LogP contribution < -0.4 is 0 Å². The van der Waals surface area contributed by atoms with Crippen LogP contribution in [0.2, 0.25) is 5.09 Å². The molecular formula is C5H13LiO7P2. The van der Waals surface area contributed by atoms with Crippen molar-refractivity contribution in [1.29, 1.82) is 0 Å². The second kappa shape index (κ2) is 7.80. The predicted octanol–water partition coefficient (Wildman–Crippen LogP) is 0.728. The summed E-state index contributed by atoms with van der Waals surface area (Å²) >= 11 is 2.16. The summed E-state index contributed by atoms with van der Waals surface area (Å²) in [6.07, 6.45) is 1.18. The second-order valence-corrected chi connectivity index (χ2v) is 5.39. The van der Waals surface area contributed by atoms with Crippen LogP contribution in [0.5, 0.6) is 0 Å². The van der Waals surface area contributed by atoms with Crippen LogP contribution in [-0.2, 0) is 13.4 Å². The third-order valence-electron chi connectivity index (χ3n) is 0.890. The predicted molar refractivity (Wildman–Crippen MR) is 55.2 cm³/mol. The first-order valence-corrected chi connectivity index (χ1v) is 7.01. The molecule has 0 aromatic heterocycles. The molecule has 0 saturated carbocycles. The van der Waals surface area contributed by atoms with Crippen LogP contribution in [0.4, 0.5) is 0 Å². The van der Waals surface area contributed by atoms with Gasteiger partial charge < -0.3 is 19.6 Å². The standard InChI is InChI=1S/C5H9.Li.H4O7P2/c1-4-5(2)3;;1-8(2,3)7-9(4,5)6/h1-2,4H2,3H3;;(H2,1,2,3)(H2,4,5,6). The summed E-state index contributed by atoms with van der Waals surface area (Å²) in [7, 11) is -10.1. The number of hydrogen-bond acceptors (Lipinski definition) is 3. The van der Waals surface area contributed by atoms with E-state index in [9.17, 15) is 9.13 Å². The SMILES string of the molecule is O=P(O)(O)OP(=O)(O)O.[Li][CH2]CC(=C)C. The molecule has 0 atom stereocenters. The molecule has 0 heterocycles. The van der Waals surface area contributed by atoms with Gasteiger partial charge in [-0.3, -0.25) is 0 Å². The first-order chi connectivity index (χ1) is 6.48. The van der Waals surface area contributed by atoms with Gasteiger partial charge in [0, 0.05) is 0 Å². The molecule has 0 amide bonds. The Bertz CT molecular complexity index is 259. The van der Waals surface area contributed by atoms with Gasteiger partial charge in [-0.05, 0) is 0 Å². The van der Waals surface area contributed by atoms with Gasteiger partial charge in [0.05, 0.1) is 0 Å². The average molecular weight is 254 g/mol. The Labute approximate surface area is 97.2 Å². The van der Waals surface area contributed by atoms with Gasteiger partial charge in [-0.25, -0.2) is 9.13 Å². The van der Waals surface area contributed by atoms with Gasteiger partial charge in [0.25, 0.3) is 0 Å². The van der Waals surface area contributed by atoms with Crippen LogP contribution in [0.25, 0.3) is 0 Å². The van der Waals surface area contributed by atoms with Gasteiger partial charge in [-0.15, -0.1) is 0 Å². The van der Waals surface area contributed by atoms with Gasteiger partial charge in [-0.2, -0.15) is 4.31 Å². The first kappa shape index (κ1) is 18.0. The Hall–Kier alpha value is 0.597. The van der Waals surface area contributed by atoms with Crippen LogP contribution in [0, 0.1) is 0 Å². The Balaban J connectivity index is 0. The van der Waals surface area contributed by atoms with E-state index in [0.717, 1.165) is 0 Å². The number of hydrogen-bond donors (Lipinski definition) is 4. The van der Waals surface area contributed by atoms with Gasteiger partial charge in [0.1, 0.15) is 0 Å². The van der Waals surface area contributed by atoms with Crippen LogP contribution in [-0.4, -0.2) is 37.3 Å². The van der Waals surface area contributed by atoms with E-state index in [0.29, 0.717) is 0 Å². The summed E-state index contributed by atoms with van der Waals surface area (Å²) in [6.45, 7) is 5.80. The molecule has 86 valence electrons. The maximum absolute atomic E-state index is 9.63. The summed E-state index contributed by atoms with van der Waals surface area (Å²) in [6, 6.07) is 0. The second-order valence-electron chi connectivity index (χ2n) is 2.77. The van der Waals surface area contributed by atoms with E-state index in [-0.39, 0.29) is 0 Å². The minimum atomic E-state index is -5.05. The van der Waals surface area contributed by atoms with Gasteiger partial charge >= 0.3 is 64.0 Å². The average Bonchev–Trinajstić information content (AvgIpc) is 1.77. The fourth-order valence-electron chi connectivity index (χ4n) is 0.565. The fraction of sp³-hybridized carbons (Fsp3) is 0.600. The van der Waals surface area contributed by atoms with Gasteiger partial charge in [-0.1, -0.05) is 0 Å². The number of phosphoric acid groups is 2. The van der Waals surface area contributed by atoms with Crippen molar-refractivity contribution in [2.45, 2.75) is 18.4 Å². The maximum atomic E-state index is 9.63. The number of allylic oxidation sites excluding steroid dienone is 1. The molecule has 0 aliphatic carbocycles. The van der Waals surface area contributed by atoms with Crippen molar-refractivity contribution in [3.63, 3.8) is 0 Å². The molecule has 0 saturated heterocycles. The van der Waals surface area contributed by atoms with Crippen LogP contribution in [0.1, 0.15) is 13.3 Å².